The normalized spacial score (nSPS) is 11.7. The lowest BCUT2D eigenvalue weighted by molar-refractivity contribution is -0.384. The molecule has 2 N–H and O–H groups in total. The number of nitrogens with one attached hydrogen (secondary N) is 1. The number of carbonyl (C=O) groups is 1. The molecule has 0 aliphatic rings. The van der Waals surface area contributed by atoms with E-state index in [1.807, 2.05) is 12.1 Å². The first-order valence-corrected chi connectivity index (χ1v) is 8.22. The number of aliphatic hydroxyl groups excluding tert-OH is 1. The van der Waals surface area contributed by atoms with Crippen molar-refractivity contribution < 1.29 is 19.6 Å². The molecule has 1 amide bonds. The Bertz CT molecular complexity index is 954. The van der Waals surface area contributed by atoms with E-state index in [2.05, 4.69) is 10.3 Å². The molecule has 8 nitrogen and oxygen atoms in total. The zero-order valence-corrected chi connectivity index (χ0v) is 14.2. The Morgan fingerprint density at radius 1 is 1.19 bits per heavy atom. The highest BCUT2D eigenvalue weighted by atomic mass is 16.6. The minimum atomic E-state index is -0.938. The van der Waals surface area contributed by atoms with Gasteiger partial charge in [0.2, 0.25) is 0 Å². The Morgan fingerprint density at radius 2 is 1.93 bits per heavy atom. The summed E-state index contributed by atoms with van der Waals surface area (Å²) in [5, 5.41) is 24.1. The number of nitro groups is 1. The molecule has 0 spiro atoms. The van der Waals surface area contributed by atoms with E-state index in [0.717, 1.165) is 5.39 Å². The van der Waals surface area contributed by atoms with E-state index in [1.54, 1.807) is 24.4 Å². The van der Waals surface area contributed by atoms with Crippen LogP contribution in [0.5, 0.6) is 5.75 Å². The lowest BCUT2D eigenvalue weighted by atomic mass is 10.1. The molecule has 1 unspecified atom stereocenters. The van der Waals surface area contributed by atoms with Crippen LogP contribution in [0.1, 0.15) is 10.4 Å². The van der Waals surface area contributed by atoms with Gasteiger partial charge in [-0.1, -0.05) is 18.2 Å². The summed E-state index contributed by atoms with van der Waals surface area (Å²) in [4.78, 5) is 26.7. The number of rotatable bonds is 7. The van der Waals surface area contributed by atoms with Crippen LogP contribution in [0.3, 0.4) is 0 Å². The van der Waals surface area contributed by atoms with Crippen molar-refractivity contribution in [2.45, 2.75) is 6.10 Å². The summed E-state index contributed by atoms with van der Waals surface area (Å²) in [5.41, 5.74) is 0.976. The molecule has 0 radical (unpaired) electrons. The molecule has 27 heavy (non-hydrogen) atoms. The molecular formula is C19H17N3O5. The highest BCUT2D eigenvalue weighted by Gasteiger charge is 2.13. The van der Waals surface area contributed by atoms with Crippen molar-refractivity contribution >= 4 is 22.5 Å². The molecule has 8 heteroatoms. The summed E-state index contributed by atoms with van der Waals surface area (Å²) in [6.45, 7) is -0.0685. The van der Waals surface area contributed by atoms with Gasteiger partial charge in [0.25, 0.3) is 11.6 Å². The van der Waals surface area contributed by atoms with Gasteiger partial charge in [0.15, 0.2) is 0 Å². The number of pyridine rings is 1. The fourth-order valence-electron chi connectivity index (χ4n) is 2.51. The van der Waals surface area contributed by atoms with Gasteiger partial charge >= 0.3 is 0 Å². The first-order valence-electron chi connectivity index (χ1n) is 8.22. The molecule has 1 heterocycles. The van der Waals surface area contributed by atoms with Crippen LogP contribution in [0.2, 0.25) is 0 Å². The number of aromatic nitrogens is 1. The summed E-state index contributed by atoms with van der Waals surface area (Å²) in [7, 11) is 0. The van der Waals surface area contributed by atoms with Crippen molar-refractivity contribution in [2.24, 2.45) is 0 Å². The molecule has 3 aromatic rings. The second-order valence-corrected chi connectivity index (χ2v) is 5.81. The monoisotopic (exact) mass is 367 g/mol. The number of nitrogens with zero attached hydrogens (tertiary/aromatic N) is 2. The van der Waals surface area contributed by atoms with Crippen LogP contribution >= 0.6 is 0 Å². The number of para-hydroxylation sites is 1. The number of nitro benzene ring substituents is 1. The number of non-ortho nitro benzene ring substituents is 1. The van der Waals surface area contributed by atoms with Crippen molar-refractivity contribution in [3.8, 4) is 5.75 Å². The smallest absolute Gasteiger partial charge is 0.269 e. The molecule has 0 aliphatic carbocycles. The largest absolute Gasteiger partial charge is 0.491 e. The Hall–Kier alpha value is -3.52. The van der Waals surface area contributed by atoms with Crippen molar-refractivity contribution in [3.05, 3.63) is 76.5 Å². The van der Waals surface area contributed by atoms with Crippen LogP contribution in [-0.4, -0.2) is 40.2 Å². The predicted molar refractivity (Wildman–Crippen MR) is 98.7 cm³/mol. The molecule has 3 rings (SSSR count). The molecular weight excluding hydrogens is 350 g/mol. The zero-order chi connectivity index (χ0) is 19.2. The first-order chi connectivity index (χ1) is 13.0. The summed E-state index contributed by atoms with van der Waals surface area (Å²) >= 11 is 0. The average Bonchev–Trinajstić information content (AvgIpc) is 2.70. The van der Waals surface area contributed by atoms with Crippen LogP contribution < -0.4 is 10.1 Å². The SMILES string of the molecule is O=C(NCC(O)COc1ccc([N+](=O)[O-])cc1)c1cccc2cccnc12. The number of hydrogen-bond donors (Lipinski definition) is 2. The summed E-state index contributed by atoms with van der Waals surface area (Å²) in [6, 6.07) is 14.5. The maximum absolute atomic E-state index is 12.4. The van der Waals surface area contributed by atoms with E-state index in [1.165, 1.54) is 24.3 Å². The second kappa shape index (κ2) is 8.24. The quantitative estimate of drug-likeness (QED) is 0.489. The van der Waals surface area contributed by atoms with E-state index in [0.29, 0.717) is 16.8 Å². The van der Waals surface area contributed by atoms with Crippen molar-refractivity contribution in [2.75, 3.05) is 13.2 Å². The molecule has 0 bridgehead atoms. The maximum Gasteiger partial charge on any atom is 0.269 e. The second-order valence-electron chi connectivity index (χ2n) is 5.81. The summed E-state index contributed by atoms with van der Waals surface area (Å²) in [6.07, 6.45) is 0.679. The number of carbonyl (C=O) groups excluding carboxylic acids is 1. The maximum atomic E-state index is 12.4. The van der Waals surface area contributed by atoms with Crippen molar-refractivity contribution in [1.82, 2.24) is 10.3 Å². The van der Waals surface area contributed by atoms with Gasteiger partial charge in [0.05, 0.1) is 16.0 Å². The minimum absolute atomic E-state index is 0.00492. The van der Waals surface area contributed by atoms with Gasteiger partial charge in [-0.25, -0.2) is 0 Å². The van der Waals surface area contributed by atoms with Crippen LogP contribution in [0, 0.1) is 10.1 Å². The number of hydrogen-bond acceptors (Lipinski definition) is 6. The standard InChI is InChI=1S/C19H17N3O5/c23-15(12-27-16-8-6-14(7-9-16)22(25)26)11-21-19(24)17-5-1-3-13-4-2-10-20-18(13)17/h1-10,15,23H,11-12H2,(H,21,24). The van der Waals surface area contributed by atoms with E-state index in [4.69, 9.17) is 4.74 Å². The molecule has 138 valence electrons. The van der Waals surface area contributed by atoms with Gasteiger partial charge in [-0.3, -0.25) is 19.9 Å². The van der Waals surface area contributed by atoms with Crippen LogP contribution in [0.15, 0.2) is 60.8 Å². The zero-order valence-electron chi connectivity index (χ0n) is 14.2. The van der Waals surface area contributed by atoms with Crippen LogP contribution in [0.25, 0.3) is 10.9 Å². The molecule has 0 aliphatic heterocycles. The number of benzene rings is 2. The molecule has 0 fully saturated rings. The van der Waals surface area contributed by atoms with Crippen LogP contribution in [0.4, 0.5) is 5.69 Å². The Labute approximate surface area is 154 Å². The number of aliphatic hydroxyl groups is 1. The Kier molecular flexibility index (Phi) is 5.58. The predicted octanol–water partition coefficient (Wildman–Crippen LogP) is 2.31. The topological polar surface area (TPSA) is 115 Å². The van der Waals surface area contributed by atoms with Crippen LogP contribution in [-0.2, 0) is 0 Å². The Morgan fingerprint density at radius 3 is 2.67 bits per heavy atom. The van der Waals surface area contributed by atoms with Gasteiger partial charge in [-0.2, -0.15) is 0 Å². The molecule has 2 aromatic carbocycles. The van der Waals surface area contributed by atoms with Gasteiger partial charge in [0, 0.05) is 30.3 Å². The van der Waals surface area contributed by atoms with E-state index in [9.17, 15) is 20.0 Å². The van der Waals surface area contributed by atoms with E-state index < -0.39 is 11.0 Å². The summed E-state index contributed by atoms with van der Waals surface area (Å²) < 4.78 is 5.37. The lowest BCUT2D eigenvalue weighted by Gasteiger charge is -2.13. The third-order valence-corrected chi connectivity index (χ3v) is 3.87. The van der Waals surface area contributed by atoms with E-state index in [-0.39, 0.29) is 24.7 Å². The third kappa shape index (κ3) is 4.56. The van der Waals surface area contributed by atoms with Gasteiger partial charge < -0.3 is 15.2 Å². The fourth-order valence-corrected chi connectivity index (χ4v) is 2.51. The fraction of sp³-hybridized carbons (Fsp3) is 0.158. The first kappa shape index (κ1) is 18.3. The highest BCUT2D eigenvalue weighted by Crippen LogP contribution is 2.18. The summed E-state index contributed by atoms with van der Waals surface area (Å²) in [5.74, 6) is 0.0536. The van der Waals surface area contributed by atoms with Gasteiger partial charge in [-0.15, -0.1) is 0 Å². The van der Waals surface area contributed by atoms with Crippen molar-refractivity contribution in [1.29, 1.82) is 0 Å². The number of fused-ring (bicyclic) bond motifs is 1. The highest BCUT2D eigenvalue weighted by molar-refractivity contribution is 6.05. The molecule has 1 atom stereocenters. The van der Waals surface area contributed by atoms with Gasteiger partial charge in [0.1, 0.15) is 18.5 Å². The minimum Gasteiger partial charge on any atom is -0.491 e. The number of ether oxygens (including phenoxy) is 1. The molecule has 0 saturated carbocycles. The third-order valence-electron chi connectivity index (χ3n) is 3.87. The lowest BCUT2D eigenvalue weighted by Crippen LogP contribution is -2.35. The van der Waals surface area contributed by atoms with E-state index >= 15 is 0 Å². The molecule has 0 saturated heterocycles. The number of amides is 1. The average molecular weight is 367 g/mol. The Balaban J connectivity index is 1.53. The van der Waals surface area contributed by atoms with Crippen molar-refractivity contribution in [3.63, 3.8) is 0 Å². The molecule has 1 aromatic heterocycles. The van der Waals surface area contributed by atoms with Gasteiger partial charge in [-0.05, 0) is 24.3 Å².